The predicted molar refractivity (Wildman–Crippen MR) is 129 cm³/mol. The molecule has 0 unspecified atom stereocenters. The van der Waals surface area contributed by atoms with Crippen molar-refractivity contribution in [1.29, 1.82) is 0 Å². The van der Waals surface area contributed by atoms with Crippen molar-refractivity contribution in [1.82, 2.24) is 15.5 Å². The van der Waals surface area contributed by atoms with E-state index in [2.05, 4.69) is 10.6 Å². The molecule has 3 amide bonds. The van der Waals surface area contributed by atoms with E-state index >= 15 is 0 Å². The van der Waals surface area contributed by atoms with Crippen LogP contribution in [-0.4, -0.2) is 53.6 Å². The first kappa shape index (κ1) is 25.8. The zero-order chi connectivity index (χ0) is 23.8. The summed E-state index contributed by atoms with van der Waals surface area (Å²) in [5, 5.41) is 6.19. The number of piperidine rings is 1. The largest absolute Gasteiger partial charge is 0.444 e. The summed E-state index contributed by atoms with van der Waals surface area (Å²) in [6.45, 7) is 6.21. The maximum Gasteiger partial charge on any atom is 0.410 e. The van der Waals surface area contributed by atoms with Crippen molar-refractivity contribution in [3.8, 4) is 0 Å². The molecule has 2 N–H and O–H groups in total. The lowest BCUT2D eigenvalue weighted by Gasteiger charge is -2.39. The third-order valence-electron chi connectivity index (χ3n) is 7.45. The smallest absolute Gasteiger partial charge is 0.410 e. The normalized spacial score (nSPS) is 27.7. The first-order chi connectivity index (χ1) is 15.7. The van der Waals surface area contributed by atoms with Crippen molar-refractivity contribution >= 4 is 17.9 Å². The molecule has 2 aliphatic carbocycles. The van der Waals surface area contributed by atoms with Gasteiger partial charge in [-0.05, 0) is 71.1 Å². The molecule has 0 aromatic carbocycles. The van der Waals surface area contributed by atoms with Crippen molar-refractivity contribution in [2.45, 2.75) is 122 Å². The molecule has 2 aliphatic heterocycles. The minimum absolute atomic E-state index is 0.0716. The zero-order valence-corrected chi connectivity index (χ0v) is 21.0. The second kappa shape index (κ2) is 12.1. The highest BCUT2D eigenvalue weighted by Gasteiger charge is 2.35. The van der Waals surface area contributed by atoms with Gasteiger partial charge in [-0.15, -0.1) is 0 Å². The first-order valence-corrected chi connectivity index (χ1v) is 13.3. The van der Waals surface area contributed by atoms with Gasteiger partial charge < -0.3 is 15.4 Å². The summed E-state index contributed by atoms with van der Waals surface area (Å²) in [5.74, 6) is 1.50. The number of nitrogens with zero attached hydrogens (tertiary/aromatic N) is 1. The maximum absolute atomic E-state index is 12.1. The van der Waals surface area contributed by atoms with Crippen LogP contribution in [0, 0.1) is 11.8 Å². The summed E-state index contributed by atoms with van der Waals surface area (Å²) in [4.78, 5) is 36.7. The van der Waals surface area contributed by atoms with Crippen LogP contribution in [0.15, 0.2) is 0 Å². The van der Waals surface area contributed by atoms with Crippen molar-refractivity contribution in [3.63, 3.8) is 0 Å². The Bertz CT molecular complexity index is 663. The Hall–Kier alpha value is -1.79. The van der Waals surface area contributed by atoms with Gasteiger partial charge in [0.1, 0.15) is 12.1 Å². The lowest BCUT2D eigenvalue weighted by molar-refractivity contribution is -0.126. The summed E-state index contributed by atoms with van der Waals surface area (Å²) in [5.41, 5.74) is -0.522. The molecule has 0 radical (unpaired) electrons. The van der Waals surface area contributed by atoms with Crippen LogP contribution in [0.1, 0.15) is 104 Å². The summed E-state index contributed by atoms with van der Waals surface area (Å²) in [6.07, 6.45) is 15.5. The molecule has 2 saturated heterocycles. The number of carbonyl (C=O) groups excluding carboxylic acids is 3. The van der Waals surface area contributed by atoms with E-state index < -0.39 is 5.60 Å². The van der Waals surface area contributed by atoms with Crippen molar-refractivity contribution in [3.05, 3.63) is 0 Å². The van der Waals surface area contributed by atoms with E-state index in [1.54, 1.807) is 4.90 Å². The first-order valence-electron chi connectivity index (χ1n) is 13.3. The Balaban J connectivity index is 0.000000203. The average molecular weight is 464 g/mol. The quantitative estimate of drug-likeness (QED) is 0.629. The Morgan fingerprint density at radius 1 is 0.788 bits per heavy atom. The summed E-state index contributed by atoms with van der Waals surface area (Å²) in [6, 6.07) is 0.602. The zero-order valence-electron chi connectivity index (χ0n) is 21.0. The van der Waals surface area contributed by atoms with Gasteiger partial charge in [-0.3, -0.25) is 14.5 Å². The number of rotatable bonds is 2. The molecule has 4 fully saturated rings. The Labute approximate surface area is 199 Å². The molecule has 0 bridgehead atoms. The monoisotopic (exact) mass is 463 g/mol. The lowest BCUT2D eigenvalue weighted by Crippen LogP contribution is -2.59. The molecule has 4 rings (SSSR count). The van der Waals surface area contributed by atoms with Gasteiger partial charge >= 0.3 is 6.09 Å². The summed E-state index contributed by atoms with van der Waals surface area (Å²) >= 11 is 0. The van der Waals surface area contributed by atoms with E-state index in [9.17, 15) is 14.4 Å². The standard InChI is InChI=1S/C15H26N2O3.C11H19NO/c1-15(2,3)20-14(19)17-9-12(16-13(18)10-17)11-7-5-4-6-8-11;13-11-8-4-7-10(12-11)9-5-2-1-3-6-9/h11-12H,4-10H2,1-3H3,(H,16,18);9-10H,1-8H2,(H,12,13)/t12-;10-/m00/s1. The SMILES string of the molecule is CC(C)(C)OC(=O)N1CC(=O)N[C@H](C2CCCCC2)C1.O=C1CCC[C@@H](C2CCCCC2)N1. The van der Waals surface area contributed by atoms with Gasteiger partial charge in [0.05, 0.1) is 0 Å². The molecule has 7 heteroatoms. The predicted octanol–water partition coefficient (Wildman–Crippen LogP) is 4.54. The van der Waals surface area contributed by atoms with Crippen LogP contribution in [0.25, 0.3) is 0 Å². The Kier molecular flexibility index (Phi) is 9.45. The van der Waals surface area contributed by atoms with E-state index in [-0.39, 0.29) is 30.5 Å². The van der Waals surface area contributed by atoms with Crippen LogP contribution in [0.4, 0.5) is 4.79 Å². The fraction of sp³-hybridized carbons (Fsp3) is 0.885. The number of piperazine rings is 1. The van der Waals surface area contributed by atoms with Gasteiger partial charge in [-0.2, -0.15) is 0 Å². The second-order valence-corrected chi connectivity index (χ2v) is 11.4. The van der Waals surface area contributed by atoms with E-state index in [1.807, 2.05) is 20.8 Å². The molecular weight excluding hydrogens is 418 g/mol. The number of hydrogen-bond acceptors (Lipinski definition) is 4. The van der Waals surface area contributed by atoms with Gasteiger partial charge in [-0.1, -0.05) is 38.5 Å². The molecule has 0 spiro atoms. The van der Waals surface area contributed by atoms with Crippen molar-refractivity contribution in [2.75, 3.05) is 13.1 Å². The molecular formula is C26H45N3O4. The molecule has 7 nitrogen and oxygen atoms in total. The van der Waals surface area contributed by atoms with Gasteiger partial charge in [0.2, 0.25) is 11.8 Å². The molecule has 2 saturated carbocycles. The van der Waals surface area contributed by atoms with Crippen LogP contribution < -0.4 is 10.6 Å². The summed E-state index contributed by atoms with van der Waals surface area (Å²) in [7, 11) is 0. The second-order valence-electron chi connectivity index (χ2n) is 11.4. The lowest BCUT2D eigenvalue weighted by atomic mass is 9.81. The van der Waals surface area contributed by atoms with Gasteiger partial charge in [0.15, 0.2) is 0 Å². The van der Waals surface area contributed by atoms with Crippen molar-refractivity contribution in [2.24, 2.45) is 11.8 Å². The fourth-order valence-corrected chi connectivity index (χ4v) is 5.77. The van der Waals surface area contributed by atoms with Gasteiger partial charge in [0.25, 0.3) is 0 Å². The van der Waals surface area contributed by atoms with Crippen LogP contribution in [-0.2, 0) is 14.3 Å². The summed E-state index contributed by atoms with van der Waals surface area (Å²) < 4.78 is 5.37. The maximum atomic E-state index is 12.1. The van der Waals surface area contributed by atoms with Crippen LogP contribution in [0.2, 0.25) is 0 Å². The minimum Gasteiger partial charge on any atom is -0.444 e. The number of ether oxygens (including phenoxy) is 1. The molecule has 0 aromatic rings. The number of nitrogens with one attached hydrogen (secondary N) is 2. The molecule has 2 atom stereocenters. The Morgan fingerprint density at radius 3 is 1.88 bits per heavy atom. The molecule has 2 heterocycles. The number of amides is 3. The number of hydrogen-bond donors (Lipinski definition) is 2. The average Bonchev–Trinajstić information content (AvgIpc) is 2.79. The van der Waals surface area contributed by atoms with Crippen molar-refractivity contribution < 1.29 is 19.1 Å². The van der Waals surface area contributed by atoms with E-state index in [1.165, 1.54) is 57.8 Å². The highest BCUT2D eigenvalue weighted by Crippen LogP contribution is 2.30. The van der Waals surface area contributed by atoms with Crippen LogP contribution >= 0.6 is 0 Å². The highest BCUT2D eigenvalue weighted by molar-refractivity contribution is 5.84. The third kappa shape index (κ3) is 8.49. The molecule has 188 valence electrons. The molecule has 33 heavy (non-hydrogen) atoms. The van der Waals surface area contributed by atoms with Crippen LogP contribution in [0.5, 0.6) is 0 Å². The van der Waals surface area contributed by atoms with E-state index in [4.69, 9.17) is 4.74 Å². The fourth-order valence-electron chi connectivity index (χ4n) is 5.77. The highest BCUT2D eigenvalue weighted by atomic mass is 16.6. The van der Waals surface area contributed by atoms with E-state index in [0.29, 0.717) is 18.5 Å². The Morgan fingerprint density at radius 2 is 1.33 bits per heavy atom. The van der Waals surface area contributed by atoms with Crippen LogP contribution in [0.3, 0.4) is 0 Å². The van der Waals surface area contributed by atoms with Gasteiger partial charge in [0, 0.05) is 25.0 Å². The third-order valence-corrected chi connectivity index (χ3v) is 7.45. The van der Waals surface area contributed by atoms with E-state index in [0.717, 1.165) is 31.6 Å². The topological polar surface area (TPSA) is 87.7 Å². The van der Waals surface area contributed by atoms with Gasteiger partial charge in [-0.25, -0.2) is 4.79 Å². The number of carbonyl (C=O) groups is 3. The molecule has 4 aliphatic rings. The minimum atomic E-state index is -0.522. The molecule has 0 aromatic heterocycles.